The van der Waals surface area contributed by atoms with Crippen LogP contribution < -0.4 is 5.32 Å². The van der Waals surface area contributed by atoms with Crippen LogP contribution in [0.2, 0.25) is 0 Å². The average molecular weight is 257 g/mol. The number of ether oxygens (including phenoxy) is 1. The topological polar surface area (TPSA) is 64.1 Å². The van der Waals surface area contributed by atoms with Crippen LogP contribution in [0, 0.1) is 6.92 Å². The number of carbonyl (C=O) groups excluding carboxylic acids is 1. The van der Waals surface area contributed by atoms with E-state index in [0.29, 0.717) is 17.9 Å². The maximum Gasteiger partial charge on any atom is 0.338 e. The van der Waals surface area contributed by atoms with E-state index >= 15 is 0 Å². The first kappa shape index (κ1) is 13.0. The molecule has 0 bridgehead atoms. The highest BCUT2D eigenvalue weighted by Crippen LogP contribution is 2.08. The Labute approximate surface area is 111 Å². The average Bonchev–Trinajstić information content (AvgIpc) is 2.45. The van der Waals surface area contributed by atoms with Gasteiger partial charge in [-0.25, -0.2) is 4.79 Å². The molecule has 2 aromatic rings. The van der Waals surface area contributed by atoms with Crippen LogP contribution in [0.1, 0.15) is 15.9 Å². The lowest BCUT2D eigenvalue weighted by Crippen LogP contribution is -2.15. The fourth-order valence-corrected chi connectivity index (χ4v) is 1.60. The Hall–Kier alpha value is -2.43. The first-order valence-corrected chi connectivity index (χ1v) is 6.01. The van der Waals surface area contributed by atoms with Gasteiger partial charge in [0.2, 0.25) is 0 Å². The van der Waals surface area contributed by atoms with Crippen LogP contribution >= 0.6 is 0 Å². The molecule has 2 rings (SSSR count). The highest BCUT2D eigenvalue weighted by Gasteiger charge is 2.08. The number of nitrogens with one attached hydrogen (secondary N) is 1. The SMILES string of the molecule is Cc1ccccc1C(=O)OCCNc1cccnn1. The van der Waals surface area contributed by atoms with Gasteiger partial charge in [0.05, 0.1) is 12.1 Å². The molecular weight excluding hydrogens is 242 g/mol. The third-order valence-corrected chi connectivity index (χ3v) is 2.58. The second-order valence-electron chi connectivity index (χ2n) is 3.99. The molecule has 1 N–H and O–H groups in total. The number of anilines is 1. The fraction of sp³-hybridized carbons (Fsp3) is 0.214. The second-order valence-corrected chi connectivity index (χ2v) is 3.99. The zero-order valence-corrected chi connectivity index (χ0v) is 10.7. The van der Waals surface area contributed by atoms with Crippen LogP contribution in [0.25, 0.3) is 0 Å². The van der Waals surface area contributed by atoms with E-state index in [1.807, 2.05) is 25.1 Å². The standard InChI is InChI=1S/C14H15N3O2/c1-11-5-2-3-6-12(11)14(18)19-10-9-15-13-7-4-8-16-17-13/h2-8H,9-10H2,1H3,(H,15,17). The minimum absolute atomic E-state index is 0.281. The van der Waals surface area contributed by atoms with Gasteiger partial charge in [0.15, 0.2) is 0 Å². The Morgan fingerprint density at radius 3 is 2.84 bits per heavy atom. The van der Waals surface area contributed by atoms with E-state index in [4.69, 9.17) is 4.74 Å². The predicted octanol–water partition coefficient (Wildman–Crippen LogP) is 2.05. The Balaban J connectivity index is 1.77. The Bertz CT molecular complexity index is 543. The number of esters is 1. The van der Waals surface area contributed by atoms with Crippen molar-refractivity contribution >= 4 is 11.8 Å². The van der Waals surface area contributed by atoms with Gasteiger partial charge in [0.1, 0.15) is 12.4 Å². The summed E-state index contributed by atoms with van der Waals surface area (Å²) in [6, 6.07) is 10.9. The zero-order chi connectivity index (χ0) is 13.5. The third kappa shape index (κ3) is 3.77. The molecule has 0 aliphatic heterocycles. The molecule has 0 spiro atoms. The molecule has 1 aromatic heterocycles. The van der Waals surface area contributed by atoms with Crippen LogP contribution in [0.5, 0.6) is 0 Å². The number of hydrogen-bond donors (Lipinski definition) is 1. The highest BCUT2D eigenvalue weighted by atomic mass is 16.5. The van der Waals surface area contributed by atoms with Gasteiger partial charge in [0, 0.05) is 6.20 Å². The molecule has 1 heterocycles. The van der Waals surface area contributed by atoms with Crippen molar-refractivity contribution < 1.29 is 9.53 Å². The normalized spacial score (nSPS) is 9.95. The minimum Gasteiger partial charge on any atom is -0.460 e. The lowest BCUT2D eigenvalue weighted by atomic mass is 10.1. The summed E-state index contributed by atoms with van der Waals surface area (Å²) in [4.78, 5) is 11.8. The largest absolute Gasteiger partial charge is 0.460 e. The van der Waals surface area contributed by atoms with Gasteiger partial charge in [-0.1, -0.05) is 18.2 Å². The monoisotopic (exact) mass is 257 g/mol. The second kappa shape index (κ2) is 6.49. The van der Waals surface area contributed by atoms with Crippen LogP contribution in [0.3, 0.4) is 0 Å². The number of nitrogens with zero attached hydrogens (tertiary/aromatic N) is 2. The van der Waals surface area contributed by atoms with Gasteiger partial charge in [-0.15, -0.1) is 5.10 Å². The summed E-state index contributed by atoms with van der Waals surface area (Å²) in [5.74, 6) is 0.355. The highest BCUT2D eigenvalue weighted by molar-refractivity contribution is 5.90. The van der Waals surface area contributed by atoms with Crippen LogP contribution in [0.15, 0.2) is 42.6 Å². The van der Waals surface area contributed by atoms with E-state index in [2.05, 4.69) is 15.5 Å². The van der Waals surface area contributed by atoms with Crippen LogP contribution in [0.4, 0.5) is 5.82 Å². The molecule has 0 fully saturated rings. The van der Waals surface area contributed by atoms with Crippen molar-refractivity contribution in [1.29, 1.82) is 0 Å². The lowest BCUT2D eigenvalue weighted by Gasteiger charge is -2.07. The van der Waals surface area contributed by atoms with Gasteiger partial charge in [0.25, 0.3) is 0 Å². The molecule has 98 valence electrons. The quantitative estimate of drug-likeness (QED) is 0.656. The summed E-state index contributed by atoms with van der Waals surface area (Å²) in [7, 11) is 0. The molecular formula is C14H15N3O2. The lowest BCUT2D eigenvalue weighted by molar-refractivity contribution is 0.0520. The maximum absolute atomic E-state index is 11.8. The Morgan fingerprint density at radius 1 is 1.26 bits per heavy atom. The van der Waals surface area contributed by atoms with Crippen molar-refractivity contribution in [2.75, 3.05) is 18.5 Å². The number of aryl methyl sites for hydroxylation is 1. The summed E-state index contributed by atoms with van der Waals surface area (Å²) >= 11 is 0. The smallest absolute Gasteiger partial charge is 0.338 e. The molecule has 5 nitrogen and oxygen atoms in total. The van der Waals surface area contributed by atoms with Gasteiger partial charge in [-0.3, -0.25) is 0 Å². The van der Waals surface area contributed by atoms with Gasteiger partial charge >= 0.3 is 5.97 Å². The molecule has 0 unspecified atom stereocenters. The molecule has 5 heteroatoms. The fourth-order valence-electron chi connectivity index (χ4n) is 1.60. The third-order valence-electron chi connectivity index (χ3n) is 2.58. The first-order chi connectivity index (χ1) is 9.27. The van der Waals surface area contributed by atoms with E-state index in [9.17, 15) is 4.79 Å². The van der Waals surface area contributed by atoms with E-state index in [1.165, 1.54) is 0 Å². The molecule has 0 aliphatic rings. The molecule has 0 atom stereocenters. The summed E-state index contributed by atoms with van der Waals surface area (Å²) in [5.41, 5.74) is 1.51. The summed E-state index contributed by atoms with van der Waals surface area (Å²) in [5, 5.41) is 10.6. The molecule has 0 saturated carbocycles. The number of carbonyl (C=O) groups is 1. The van der Waals surface area contributed by atoms with Crippen molar-refractivity contribution in [3.63, 3.8) is 0 Å². The van der Waals surface area contributed by atoms with Gasteiger partial charge < -0.3 is 10.1 Å². The van der Waals surface area contributed by atoms with Crippen molar-refractivity contribution in [1.82, 2.24) is 10.2 Å². The summed E-state index contributed by atoms with van der Waals surface area (Å²) < 4.78 is 5.18. The van der Waals surface area contributed by atoms with Crippen LogP contribution in [-0.2, 0) is 4.74 Å². The molecule has 0 saturated heterocycles. The van der Waals surface area contributed by atoms with Crippen molar-refractivity contribution in [2.45, 2.75) is 6.92 Å². The maximum atomic E-state index is 11.8. The van der Waals surface area contributed by atoms with Crippen molar-refractivity contribution in [3.05, 3.63) is 53.7 Å². The van der Waals surface area contributed by atoms with E-state index < -0.39 is 0 Å². The van der Waals surface area contributed by atoms with E-state index in [1.54, 1.807) is 24.4 Å². The Kier molecular flexibility index (Phi) is 4.44. The predicted molar refractivity (Wildman–Crippen MR) is 72.0 cm³/mol. The first-order valence-electron chi connectivity index (χ1n) is 6.01. The number of aromatic nitrogens is 2. The van der Waals surface area contributed by atoms with Crippen LogP contribution in [-0.4, -0.2) is 29.3 Å². The molecule has 0 aliphatic carbocycles. The molecule has 0 amide bonds. The number of benzene rings is 1. The van der Waals surface area contributed by atoms with Gasteiger partial charge in [-0.2, -0.15) is 5.10 Å². The zero-order valence-electron chi connectivity index (χ0n) is 10.7. The minimum atomic E-state index is -0.306. The van der Waals surface area contributed by atoms with E-state index in [0.717, 1.165) is 5.56 Å². The number of rotatable bonds is 5. The van der Waals surface area contributed by atoms with Gasteiger partial charge in [-0.05, 0) is 30.7 Å². The molecule has 1 aromatic carbocycles. The molecule has 0 radical (unpaired) electrons. The number of hydrogen-bond acceptors (Lipinski definition) is 5. The molecule has 19 heavy (non-hydrogen) atoms. The van der Waals surface area contributed by atoms with E-state index in [-0.39, 0.29) is 12.6 Å². The summed E-state index contributed by atoms with van der Waals surface area (Å²) in [6.45, 7) is 2.66. The van der Waals surface area contributed by atoms with Crippen molar-refractivity contribution in [3.8, 4) is 0 Å². The van der Waals surface area contributed by atoms with Crippen molar-refractivity contribution in [2.24, 2.45) is 0 Å². The Morgan fingerprint density at radius 2 is 2.11 bits per heavy atom. The summed E-state index contributed by atoms with van der Waals surface area (Å²) in [6.07, 6.45) is 1.60.